The Kier molecular flexibility index (Phi) is 5.12. The molecular formula is C21H18F3N5OS. The number of aromatic nitrogens is 1. The first-order chi connectivity index (χ1) is 14.6. The van der Waals surface area contributed by atoms with E-state index < -0.39 is 23.0 Å². The number of rotatable bonds is 3. The Morgan fingerprint density at radius 3 is 2.48 bits per heavy atom. The summed E-state index contributed by atoms with van der Waals surface area (Å²) in [6.45, 7) is 5.88. The number of carbonyl (C=O) groups is 1. The van der Waals surface area contributed by atoms with Gasteiger partial charge in [-0.2, -0.15) is 28.3 Å². The molecule has 6 nitrogen and oxygen atoms in total. The molecule has 0 bridgehead atoms. The number of hydrazone groups is 1. The third-order valence-corrected chi connectivity index (χ3v) is 6.02. The second-order valence-corrected chi connectivity index (χ2v) is 8.06. The van der Waals surface area contributed by atoms with E-state index in [0.717, 1.165) is 28.5 Å². The minimum atomic E-state index is -4.67. The lowest BCUT2D eigenvalue weighted by Gasteiger charge is -2.20. The summed E-state index contributed by atoms with van der Waals surface area (Å²) in [4.78, 5) is 16.2. The minimum Gasteiger partial charge on any atom is -0.318 e. The van der Waals surface area contributed by atoms with E-state index in [4.69, 9.17) is 5.41 Å². The molecule has 10 heteroatoms. The number of amides is 1. The maximum Gasteiger partial charge on any atom is 0.441 e. The van der Waals surface area contributed by atoms with Crippen LogP contribution in [0.4, 0.5) is 13.2 Å². The lowest BCUT2D eigenvalue weighted by Crippen LogP contribution is -2.35. The van der Waals surface area contributed by atoms with Crippen molar-refractivity contribution in [1.82, 2.24) is 9.58 Å². The summed E-state index contributed by atoms with van der Waals surface area (Å²) in [7, 11) is 0. The molecule has 3 heterocycles. The smallest absolute Gasteiger partial charge is 0.318 e. The van der Waals surface area contributed by atoms with Gasteiger partial charge in [-0.25, -0.2) is 0 Å². The van der Waals surface area contributed by atoms with Crippen LogP contribution in [0.5, 0.6) is 0 Å². The molecule has 1 aromatic carbocycles. The molecule has 1 N–H and O–H groups in total. The van der Waals surface area contributed by atoms with Crippen LogP contribution in [0.15, 0.2) is 46.0 Å². The van der Waals surface area contributed by atoms with E-state index in [-0.39, 0.29) is 22.5 Å². The number of benzene rings is 1. The van der Waals surface area contributed by atoms with E-state index in [2.05, 4.69) is 17.0 Å². The molecule has 0 aliphatic carbocycles. The lowest BCUT2D eigenvalue weighted by molar-refractivity contribution is -0.114. The highest BCUT2D eigenvalue weighted by atomic mass is 32.2. The van der Waals surface area contributed by atoms with Crippen LogP contribution >= 0.6 is 11.8 Å². The van der Waals surface area contributed by atoms with Gasteiger partial charge in [0.05, 0.1) is 5.57 Å². The Morgan fingerprint density at radius 1 is 1.19 bits per heavy atom. The molecule has 0 spiro atoms. The summed E-state index contributed by atoms with van der Waals surface area (Å²) in [5, 5.41) is 11.0. The van der Waals surface area contributed by atoms with Crippen molar-refractivity contribution in [2.45, 2.75) is 33.4 Å². The number of hydrogen-bond donors (Lipinski definition) is 1. The Bertz CT molecular complexity index is 1190. The molecule has 31 heavy (non-hydrogen) atoms. The predicted molar refractivity (Wildman–Crippen MR) is 116 cm³/mol. The summed E-state index contributed by atoms with van der Waals surface area (Å²) < 4.78 is 40.9. The van der Waals surface area contributed by atoms with Crippen molar-refractivity contribution < 1.29 is 18.0 Å². The van der Waals surface area contributed by atoms with E-state index in [1.807, 2.05) is 48.7 Å². The molecule has 4 rings (SSSR count). The fourth-order valence-electron chi connectivity index (χ4n) is 3.47. The lowest BCUT2D eigenvalue weighted by atomic mass is 10.1. The Balaban J connectivity index is 1.72. The number of aryl methyl sites for hydroxylation is 2. The highest BCUT2D eigenvalue weighted by molar-refractivity contribution is 8.27. The molecule has 2 aromatic rings. The largest absolute Gasteiger partial charge is 0.441 e. The van der Waals surface area contributed by atoms with Crippen molar-refractivity contribution in [3.63, 3.8) is 0 Å². The van der Waals surface area contributed by atoms with Crippen molar-refractivity contribution >= 4 is 39.8 Å². The van der Waals surface area contributed by atoms with Gasteiger partial charge in [0.2, 0.25) is 10.2 Å². The average Bonchev–Trinajstić information content (AvgIpc) is 3.26. The zero-order valence-electron chi connectivity index (χ0n) is 16.9. The van der Waals surface area contributed by atoms with Crippen molar-refractivity contribution in [3.05, 3.63) is 58.4 Å². The average molecular weight is 445 g/mol. The normalized spacial score (nSPS) is 17.9. The van der Waals surface area contributed by atoms with Crippen molar-refractivity contribution in [2.24, 2.45) is 10.1 Å². The number of thioether (sulfide) groups is 1. The summed E-state index contributed by atoms with van der Waals surface area (Å²) in [5.41, 5.74) is 4.48. The fourth-order valence-corrected chi connectivity index (χ4v) is 4.23. The quantitative estimate of drug-likeness (QED) is 0.688. The van der Waals surface area contributed by atoms with Crippen LogP contribution in [-0.2, 0) is 11.2 Å². The summed E-state index contributed by atoms with van der Waals surface area (Å²) in [5.74, 6) is -1.20. The first kappa shape index (κ1) is 21.1. The van der Waals surface area contributed by atoms with Gasteiger partial charge >= 0.3 is 6.18 Å². The highest BCUT2D eigenvalue weighted by Gasteiger charge is 2.46. The van der Waals surface area contributed by atoms with Gasteiger partial charge in [0.25, 0.3) is 5.91 Å². The molecule has 1 amide bonds. The number of carbonyl (C=O) groups excluding carboxylic acids is 1. The third kappa shape index (κ3) is 3.71. The van der Waals surface area contributed by atoms with Crippen LogP contribution in [0.1, 0.15) is 29.4 Å². The predicted octanol–water partition coefficient (Wildman–Crippen LogP) is 4.84. The Morgan fingerprint density at radius 2 is 1.87 bits per heavy atom. The Hall–Kier alpha value is -3.14. The van der Waals surface area contributed by atoms with E-state index >= 15 is 0 Å². The van der Waals surface area contributed by atoms with Crippen LogP contribution in [0.25, 0.3) is 11.8 Å². The molecule has 0 saturated carbocycles. The standard InChI is InChI=1S/C21H18F3N5OS/c1-4-13-5-7-15(8-6-13)28-11(2)9-14(12(28)3)10-16-17(25)29-20(26-18(16)30)31-19(27-29)21(22,23)24/h5-10,25H,4H2,1-3H3/b16-10-,25-17?. The number of fused-ring (bicyclic) bond motifs is 1. The summed E-state index contributed by atoms with van der Waals surface area (Å²) in [6, 6.07) is 9.97. The van der Waals surface area contributed by atoms with Crippen molar-refractivity contribution in [1.29, 1.82) is 5.41 Å². The van der Waals surface area contributed by atoms with E-state index in [9.17, 15) is 18.0 Å². The van der Waals surface area contributed by atoms with Gasteiger partial charge in [-0.05, 0) is 67.4 Å². The van der Waals surface area contributed by atoms with Gasteiger partial charge in [0.15, 0.2) is 5.84 Å². The van der Waals surface area contributed by atoms with Crippen molar-refractivity contribution in [3.8, 4) is 5.69 Å². The van der Waals surface area contributed by atoms with Crippen molar-refractivity contribution in [2.75, 3.05) is 0 Å². The highest BCUT2D eigenvalue weighted by Crippen LogP contribution is 2.35. The fraction of sp³-hybridized carbons (Fsp3) is 0.238. The molecule has 160 valence electrons. The molecule has 2 aliphatic heterocycles. The van der Waals surface area contributed by atoms with Crippen LogP contribution in [0.2, 0.25) is 0 Å². The first-order valence-electron chi connectivity index (χ1n) is 9.45. The van der Waals surface area contributed by atoms with Crippen LogP contribution < -0.4 is 0 Å². The van der Waals surface area contributed by atoms with E-state index in [1.165, 1.54) is 11.6 Å². The minimum absolute atomic E-state index is 0.113. The SMILES string of the molecule is CCc1ccc(-n2c(C)cc(/C=C3/C(=N)N4N=C(C(F)(F)F)SC4=NC3=O)c2C)cc1. The Labute approximate surface area is 180 Å². The zero-order valence-corrected chi connectivity index (χ0v) is 17.7. The molecular weight excluding hydrogens is 427 g/mol. The maximum atomic E-state index is 13.0. The number of halogens is 3. The maximum absolute atomic E-state index is 13.0. The number of hydrogen-bond acceptors (Lipinski definition) is 4. The topological polar surface area (TPSA) is 73.8 Å². The molecule has 0 fully saturated rings. The molecule has 0 radical (unpaired) electrons. The van der Waals surface area contributed by atoms with Gasteiger partial charge in [-0.3, -0.25) is 10.2 Å². The van der Waals surface area contributed by atoms with Gasteiger partial charge in [-0.1, -0.05) is 19.1 Å². The van der Waals surface area contributed by atoms with Gasteiger partial charge in [-0.15, -0.1) is 0 Å². The summed E-state index contributed by atoms with van der Waals surface area (Å²) in [6.07, 6.45) is -2.26. The zero-order chi connectivity index (χ0) is 22.5. The van der Waals surface area contributed by atoms with E-state index in [1.54, 1.807) is 0 Å². The van der Waals surface area contributed by atoms with Gasteiger partial charge < -0.3 is 4.57 Å². The summed E-state index contributed by atoms with van der Waals surface area (Å²) >= 11 is 0.235. The second kappa shape index (κ2) is 7.52. The van der Waals surface area contributed by atoms with E-state index in [0.29, 0.717) is 5.56 Å². The molecule has 0 saturated heterocycles. The number of nitrogens with one attached hydrogen (secondary N) is 1. The van der Waals surface area contributed by atoms with Crippen LogP contribution in [0.3, 0.4) is 0 Å². The first-order valence-corrected chi connectivity index (χ1v) is 10.3. The number of nitrogens with zero attached hydrogens (tertiary/aromatic N) is 4. The monoisotopic (exact) mass is 445 g/mol. The molecule has 2 aliphatic rings. The number of aliphatic imine (C=N–C) groups is 1. The third-order valence-electron chi connectivity index (χ3n) is 5.07. The van der Waals surface area contributed by atoms with Gasteiger partial charge in [0.1, 0.15) is 0 Å². The number of amidine groups is 2. The molecule has 1 aromatic heterocycles. The van der Waals surface area contributed by atoms with Crippen LogP contribution in [0, 0.1) is 19.3 Å². The second-order valence-electron chi connectivity index (χ2n) is 7.10. The number of alkyl halides is 3. The van der Waals surface area contributed by atoms with Crippen LogP contribution in [-0.4, -0.2) is 37.7 Å². The molecule has 0 atom stereocenters. The van der Waals surface area contributed by atoms with Gasteiger partial charge in [0, 0.05) is 17.1 Å². The molecule has 0 unspecified atom stereocenters.